The molecule has 0 aliphatic carbocycles. The molecule has 1 heterocycles. The van der Waals surface area contributed by atoms with E-state index in [2.05, 4.69) is 22.6 Å². The average Bonchev–Trinajstić information content (AvgIpc) is 2.84. The van der Waals surface area contributed by atoms with Crippen molar-refractivity contribution in [3.8, 4) is 5.75 Å². The minimum atomic E-state index is -0.187. The van der Waals surface area contributed by atoms with E-state index >= 15 is 0 Å². The van der Waals surface area contributed by atoms with Crippen LogP contribution in [0.15, 0.2) is 30.3 Å². The van der Waals surface area contributed by atoms with E-state index in [1.165, 1.54) is 0 Å². The van der Waals surface area contributed by atoms with E-state index < -0.39 is 0 Å². The van der Waals surface area contributed by atoms with Gasteiger partial charge in [-0.05, 0) is 71.3 Å². The summed E-state index contributed by atoms with van der Waals surface area (Å²) in [5.74, 6) is -0.179. The summed E-state index contributed by atoms with van der Waals surface area (Å²) < 4.78 is 0.914. The number of phenols is 1. The molecule has 108 valence electrons. The normalized spacial score (nSPS) is 13.3. The van der Waals surface area contributed by atoms with Gasteiger partial charge in [-0.3, -0.25) is 4.79 Å². The zero-order valence-corrected chi connectivity index (χ0v) is 13.7. The van der Waals surface area contributed by atoms with Gasteiger partial charge in [-0.2, -0.15) is 0 Å². The fourth-order valence-corrected chi connectivity index (χ4v) is 3.10. The predicted octanol–water partition coefficient (Wildman–Crippen LogP) is 3.09. The van der Waals surface area contributed by atoms with Crippen molar-refractivity contribution >= 4 is 39.9 Å². The van der Waals surface area contributed by atoms with Crippen molar-refractivity contribution in [3.05, 3.63) is 50.6 Å². The zero-order valence-electron chi connectivity index (χ0n) is 11.6. The molecule has 1 aliphatic rings. The summed E-state index contributed by atoms with van der Waals surface area (Å²) in [6.45, 7) is 2.58. The highest BCUT2D eigenvalue weighted by atomic mass is 127. The fraction of sp³-hybridized carbons (Fsp3) is 0.188. The molecule has 0 atom stereocenters. The van der Waals surface area contributed by atoms with Crippen molar-refractivity contribution in [1.82, 2.24) is 0 Å². The lowest BCUT2D eigenvalue weighted by atomic mass is 10.1. The summed E-state index contributed by atoms with van der Waals surface area (Å²) in [5, 5.41) is 9.94. The van der Waals surface area contributed by atoms with Crippen LogP contribution in [0.1, 0.15) is 21.5 Å². The number of benzene rings is 2. The van der Waals surface area contributed by atoms with Crippen molar-refractivity contribution in [2.24, 2.45) is 0 Å². The van der Waals surface area contributed by atoms with E-state index in [9.17, 15) is 9.90 Å². The molecule has 3 rings (SSSR count). The van der Waals surface area contributed by atoms with E-state index in [-0.39, 0.29) is 11.7 Å². The number of nitrogens with zero attached hydrogens (tertiary/aromatic N) is 1. The molecule has 0 bridgehead atoms. The van der Waals surface area contributed by atoms with E-state index in [0.29, 0.717) is 17.8 Å². The predicted molar refractivity (Wildman–Crippen MR) is 91.8 cm³/mol. The first kappa shape index (κ1) is 14.2. The number of amides is 1. The van der Waals surface area contributed by atoms with Gasteiger partial charge in [0.2, 0.25) is 0 Å². The van der Waals surface area contributed by atoms with Gasteiger partial charge in [0.25, 0.3) is 5.91 Å². The second kappa shape index (κ2) is 5.22. The van der Waals surface area contributed by atoms with Crippen LogP contribution in [0, 0.1) is 10.5 Å². The highest BCUT2D eigenvalue weighted by Gasteiger charge is 2.27. The summed E-state index contributed by atoms with van der Waals surface area (Å²) in [6.07, 6.45) is 0.812. The number of hydrogen-bond donors (Lipinski definition) is 2. The van der Waals surface area contributed by atoms with E-state index in [0.717, 1.165) is 26.8 Å². The van der Waals surface area contributed by atoms with Crippen molar-refractivity contribution in [2.75, 3.05) is 17.2 Å². The van der Waals surface area contributed by atoms with Crippen LogP contribution in [0.4, 0.5) is 11.4 Å². The van der Waals surface area contributed by atoms with Crippen LogP contribution >= 0.6 is 22.6 Å². The van der Waals surface area contributed by atoms with Crippen LogP contribution in [-0.4, -0.2) is 17.6 Å². The molecule has 0 radical (unpaired) electrons. The Kier molecular flexibility index (Phi) is 3.52. The first-order valence-corrected chi connectivity index (χ1v) is 7.74. The molecule has 0 aromatic heterocycles. The monoisotopic (exact) mass is 394 g/mol. The van der Waals surface area contributed by atoms with Crippen LogP contribution in [0.25, 0.3) is 0 Å². The number of fused-ring (bicyclic) bond motifs is 1. The molecule has 0 spiro atoms. The number of phenolic OH excluding ortho intramolecular Hbond substituents is 1. The quantitative estimate of drug-likeness (QED) is 0.577. The molecule has 1 aliphatic heterocycles. The summed E-state index contributed by atoms with van der Waals surface area (Å²) >= 11 is 2.13. The summed E-state index contributed by atoms with van der Waals surface area (Å²) in [6, 6.07) is 8.91. The smallest absolute Gasteiger partial charge is 0.262 e. The van der Waals surface area contributed by atoms with Gasteiger partial charge < -0.3 is 15.7 Å². The standard InChI is InChI=1S/C16H15IN2O2/c1-9-6-10-4-5-19(14(10)8-13(9)18)16(21)12-7-11(17)2-3-15(12)20/h2-3,6-8,20H,4-5,18H2,1H3. The largest absolute Gasteiger partial charge is 0.507 e. The van der Waals surface area contributed by atoms with Crippen LogP contribution in [-0.2, 0) is 6.42 Å². The van der Waals surface area contributed by atoms with Crippen molar-refractivity contribution < 1.29 is 9.90 Å². The molecular weight excluding hydrogens is 379 g/mol. The van der Waals surface area contributed by atoms with Crippen LogP contribution < -0.4 is 10.6 Å². The van der Waals surface area contributed by atoms with Crippen LogP contribution in [0.3, 0.4) is 0 Å². The summed E-state index contributed by atoms with van der Waals surface area (Å²) in [5.41, 5.74) is 9.97. The maximum absolute atomic E-state index is 12.7. The Bertz CT molecular complexity index is 743. The number of hydrogen-bond acceptors (Lipinski definition) is 3. The molecule has 21 heavy (non-hydrogen) atoms. The fourth-order valence-electron chi connectivity index (χ4n) is 2.61. The van der Waals surface area contributed by atoms with E-state index in [4.69, 9.17) is 5.73 Å². The first-order valence-electron chi connectivity index (χ1n) is 6.67. The number of nitrogens with two attached hydrogens (primary N) is 1. The minimum Gasteiger partial charge on any atom is -0.507 e. The second-order valence-electron chi connectivity index (χ2n) is 5.21. The Labute approximate surface area is 136 Å². The lowest BCUT2D eigenvalue weighted by Gasteiger charge is -2.19. The van der Waals surface area contributed by atoms with Gasteiger partial charge in [0.15, 0.2) is 0 Å². The lowest BCUT2D eigenvalue weighted by molar-refractivity contribution is 0.0987. The topological polar surface area (TPSA) is 66.6 Å². The maximum Gasteiger partial charge on any atom is 0.262 e. The molecule has 3 N–H and O–H groups in total. The zero-order chi connectivity index (χ0) is 15.1. The van der Waals surface area contributed by atoms with Crippen molar-refractivity contribution in [3.63, 3.8) is 0 Å². The Morgan fingerprint density at radius 3 is 2.86 bits per heavy atom. The van der Waals surface area contributed by atoms with Crippen LogP contribution in [0.2, 0.25) is 0 Å². The van der Waals surface area contributed by atoms with Gasteiger partial charge >= 0.3 is 0 Å². The number of nitrogen functional groups attached to an aromatic ring is 1. The number of carbonyl (C=O) groups is 1. The van der Waals surface area contributed by atoms with Crippen molar-refractivity contribution in [1.29, 1.82) is 0 Å². The summed E-state index contributed by atoms with van der Waals surface area (Å²) in [4.78, 5) is 14.4. The highest BCUT2D eigenvalue weighted by molar-refractivity contribution is 14.1. The molecule has 2 aromatic carbocycles. The highest BCUT2D eigenvalue weighted by Crippen LogP contribution is 2.34. The van der Waals surface area contributed by atoms with Gasteiger partial charge in [-0.15, -0.1) is 0 Å². The van der Waals surface area contributed by atoms with Crippen molar-refractivity contribution in [2.45, 2.75) is 13.3 Å². The molecule has 0 saturated heterocycles. The molecule has 4 nitrogen and oxygen atoms in total. The first-order chi connectivity index (χ1) is 9.97. The maximum atomic E-state index is 12.7. The second-order valence-corrected chi connectivity index (χ2v) is 6.45. The Morgan fingerprint density at radius 1 is 1.33 bits per heavy atom. The van der Waals surface area contributed by atoms with E-state index in [1.54, 1.807) is 23.1 Å². The number of anilines is 2. The molecule has 0 saturated carbocycles. The van der Waals surface area contributed by atoms with E-state index in [1.807, 2.05) is 19.1 Å². The average molecular weight is 394 g/mol. The number of rotatable bonds is 1. The molecule has 1 amide bonds. The molecule has 0 unspecified atom stereocenters. The van der Waals surface area contributed by atoms with Gasteiger partial charge in [0.1, 0.15) is 5.75 Å². The third-order valence-corrected chi connectivity index (χ3v) is 4.47. The Morgan fingerprint density at radius 2 is 2.10 bits per heavy atom. The minimum absolute atomic E-state index is 0.00829. The van der Waals surface area contributed by atoms with Gasteiger partial charge in [-0.25, -0.2) is 0 Å². The Balaban J connectivity index is 2.02. The van der Waals surface area contributed by atoms with Gasteiger partial charge in [0, 0.05) is 21.5 Å². The third kappa shape index (κ3) is 2.46. The van der Waals surface area contributed by atoms with Gasteiger partial charge in [-0.1, -0.05) is 6.07 Å². The molecular formula is C16H15IN2O2. The lowest BCUT2D eigenvalue weighted by Crippen LogP contribution is -2.29. The molecule has 5 heteroatoms. The molecule has 2 aromatic rings. The summed E-state index contributed by atoms with van der Waals surface area (Å²) in [7, 11) is 0. The SMILES string of the molecule is Cc1cc2c(cc1N)N(C(=O)c1cc(I)ccc1O)CC2. The number of aromatic hydroxyl groups is 1. The molecule has 0 fully saturated rings. The Hall–Kier alpha value is -1.76. The van der Waals surface area contributed by atoms with Gasteiger partial charge in [0.05, 0.1) is 5.56 Å². The third-order valence-electron chi connectivity index (χ3n) is 3.80. The number of carbonyl (C=O) groups excluding carboxylic acids is 1. The number of halogens is 1. The number of aryl methyl sites for hydroxylation is 1. The van der Waals surface area contributed by atoms with Crippen LogP contribution in [0.5, 0.6) is 5.75 Å².